The van der Waals surface area contributed by atoms with Crippen molar-refractivity contribution in [2.24, 2.45) is 0 Å². The molecule has 0 aromatic heterocycles. The van der Waals surface area contributed by atoms with Crippen molar-refractivity contribution < 1.29 is 0 Å². The van der Waals surface area contributed by atoms with Gasteiger partial charge in [0.15, 0.2) is 0 Å². The number of thioether (sulfide) groups is 1. The van der Waals surface area contributed by atoms with Crippen LogP contribution in [-0.2, 0) is 0 Å². The highest BCUT2D eigenvalue weighted by molar-refractivity contribution is 7.99. The molecule has 1 N–H and O–H groups in total. The molecular weight excluding hydrogens is 242 g/mol. The van der Waals surface area contributed by atoms with Gasteiger partial charge >= 0.3 is 0 Å². The van der Waals surface area contributed by atoms with Gasteiger partial charge in [0, 0.05) is 50.3 Å². The monoisotopic (exact) mass is 271 g/mol. The fourth-order valence-corrected chi connectivity index (χ4v) is 3.86. The van der Waals surface area contributed by atoms with E-state index in [-0.39, 0.29) is 0 Å². The average Bonchev–Trinajstić information content (AvgIpc) is 2.44. The van der Waals surface area contributed by atoms with Crippen LogP contribution in [0.25, 0.3) is 0 Å². The second kappa shape index (κ2) is 8.41. The van der Waals surface area contributed by atoms with Crippen LogP contribution in [0.15, 0.2) is 0 Å². The van der Waals surface area contributed by atoms with Crippen LogP contribution in [0.1, 0.15) is 26.2 Å². The van der Waals surface area contributed by atoms with Gasteiger partial charge in [-0.3, -0.25) is 0 Å². The Bertz CT molecular complexity index is 219. The van der Waals surface area contributed by atoms with Crippen molar-refractivity contribution in [3.8, 4) is 0 Å². The maximum absolute atomic E-state index is 3.68. The molecular formula is C14H29N3S. The Morgan fingerprint density at radius 1 is 1.11 bits per heavy atom. The summed E-state index contributed by atoms with van der Waals surface area (Å²) in [6, 6.07) is 0.746. The van der Waals surface area contributed by atoms with E-state index in [9.17, 15) is 0 Å². The zero-order chi connectivity index (χ0) is 12.6. The van der Waals surface area contributed by atoms with Gasteiger partial charge in [0.05, 0.1) is 0 Å². The van der Waals surface area contributed by atoms with E-state index in [2.05, 4.69) is 33.8 Å². The second-order valence-corrected chi connectivity index (χ2v) is 6.77. The summed E-state index contributed by atoms with van der Waals surface area (Å²) in [5.74, 6) is 2.67. The summed E-state index contributed by atoms with van der Waals surface area (Å²) in [5.41, 5.74) is 0. The van der Waals surface area contributed by atoms with Crippen molar-refractivity contribution >= 4 is 11.8 Å². The lowest BCUT2D eigenvalue weighted by Crippen LogP contribution is -2.48. The molecule has 2 fully saturated rings. The van der Waals surface area contributed by atoms with Gasteiger partial charge in [-0.1, -0.05) is 6.92 Å². The Morgan fingerprint density at radius 3 is 2.67 bits per heavy atom. The van der Waals surface area contributed by atoms with Gasteiger partial charge in [-0.05, 0) is 32.4 Å². The molecule has 0 aromatic rings. The zero-order valence-corrected chi connectivity index (χ0v) is 12.7. The third-order valence-electron chi connectivity index (χ3n) is 4.02. The first-order valence-corrected chi connectivity index (χ1v) is 8.80. The molecule has 2 saturated heterocycles. The van der Waals surface area contributed by atoms with E-state index >= 15 is 0 Å². The lowest BCUT2D eigenvalue weighted by molar-refractivity contribution is 0.164. The largest absolute Gasteiger partial charge is 0.313 e. The molecule has 0 amide bonds. The van der Waals surface area contributed by atoms with Crippen LogP contribution in [0.5, 0.6) is 0 Å². The van der Waals surface area contributed by atoms with Crippen LogP contribution >= 0.6 is 11.8 Å². The zero-order valence-electron chi connectivity index (χ0n) is 11.9. The van der Waals surface area contributed by atoms with Crippen molar-refractivity contribution in [2.75, 3.05) is 57.3 Å². The molecule has 0 bridgehead atoms. The Kier molecular flexibility index (Phi) is 6.84. The van der Waals surface area contributed by atoms with Crippen molar-refractivity contribution in [3.63, 3.8) is 0 Å². The van der Waals surface area contributed by atoms with Gasteiger partial charge in [-0.25, -0.2) is 0 Å². The second-order valence-electron chi connectivity index (χ2n) is 5.55. The molecule has 0 radical (unpaired) electrons. The summed E-state index contributed by atoms with van der Waals surface area (Å²) >= 11 is 2.10. The van der Waals surface area contributed by atoms with Gasteiger partial charge in [0.25, 0.3) is 0 Å². The minimum Gasteiger partial charge on any atom is -0.313 e. The summed E-state index contributed by atoms with van der Waals surface area (Å²) in [7, 11) is 0. The molecule has 1 unspecified atom stereocenters. The predicted octanol–water partition coefficient (Wildman–Crippen LogP) is 1.50. The number of piperidine rings is 1. The lowest BCUT2D eigenvalue weighted by Gasteiger charge is -2.35. The van der Waals surface area contributed by atoms with Crippen molar-refractivity contribution in [2.45, 2.75) is 32.2 Å². The number of rotatable bonds is 6. The Balaban J connectivity index is 1.62. The first-order valence-electron chi connectivity index (χ1n) is 7.64. The molecule has 0 spiro atoms. The molecule has 2 rings (SSSR count). The van der Waals surface area contributed by atoms with E-state index in [1.54, 1.807) is 0 Å². The minimum absolute atomic E-state index is 0.746. The van der Waals surface area contributed by atoms with E-state index in [0.29, 0.717) is 0 Å². The first-order chi connectivity index (χ1) is 8.88. The smallest absolute Gasteiger partial charge is 0.0195 e. The van der Waals surface area contributed by atoms with Crippen molar-refractivity contribution in [1.82, 2.24) is 15.1 Å². The summed E-state index contributed by atoms with van der Waals surface area (Å²) < 4.78 is 0. The average molecular weight is 271 g/mol. The third kappa shape index (κ3) is 5.08. The third-order valence-corrected chi connectivity index (χ3v) is 4.97. The van der Waals surface area contributed by atoms with Gasteiger partial charge in [-0.2, -0.15) is 11.8 Å². The van der Waals surface area contributed by atoms with Crippen molar-refractivity contribution in [3.05, 3.63) is 0 Å². The van der Waals surface area contributed by atoms with E-state index in [4.69, 9.17) is 0 Å². The number of nitrogens with zero attached hydrogens (tertiary/aromatic N) is 2. The van der Waals surface area contributed by atoms with Gasteiger partial charge in [0.1, 0.15) is 0 Å². The normalized spacial score (nSPS) is 27.5. The number of hydrogen-bond acceptors (Lipinski definition) is 4. The molecule has 0 aromatic carbocycles. The van der Waals surface area contributed by atoms with E-state index in [0.717, 1.165) is 6.04 Å². The maximum Gasteiger partial charge on any atom is 0.0195 e. The highest BCUT2D eigenvalue weighted by Gasteiger charge is 2.19. The van der Waals surface area contributed by atoms with Gasteiger partial charge in [-0.15, -0.1) is 0 Å². The van der Waals surface area contributed by atoms with Crippen LogP contribution in [0.2, 0.25) is 0 Å². The minimum atomic E-state index is 0.746. The molecule has 0 aliphatic carbocycles. The van der Waals surface area contributed by atoms with Gasteiger partial charge < -0.3 is 15.1 Å². The van der Waals surface area contributed by atoms with E-state index in [1.165, 1.54) is 76.6 Å². The molecule has 18 heavy (non-hydrogen) atoms. The lowest BCUT2D eigenvalue weighted by atomic mass is 10.1. The van der Waals surface area contributed by atoms with E-state index in [1.807, 2.05) is 0 Å². The molecule has 3 nitrogen and oxygen atoms in total. The summed E-state index contributed by atoms with van der Waals surface area (Å²) in [5, 5.41) is 3.68. The quantitative estimate of drug-likeness (QED) is 0.789. The molecule has 4 heteroatoms. The maximum atomic E-state index is 3.68. The molecule has 1 atom stereocenters. The topological polar surface area (TPSA) is 18.5 Å². The first kappa shape index (κ1) is 14.6. The predicted molar refractivity (Wildman–Crippen MR) is 81.5 cm³/mol. The SMILES string of the molecule is CCCNC1CCCN(CCN2CCSCC2)C1. The highest BCUT2D eigenvalue weighted by atomic mass is 32.2. The summed E-state index contributed by atoms with van der Waals surface area (Å²) in [6.07, 6.45) is 4.00. The molecule has 2 aliphatic rings. The summed E-state index contributed by atoms with van der Waals surface area (Å²) in [6.45, 7) is 11.2. The number of likely N-dealkylation sites (tertiary alicyclic amines) is 1. The Morgan fingerprint density at radius 2 is 1.89 bits per heavy atom. The van der Waals surface area contributed by atoms with Crippen molar-refractivity contribution in [1.29, 1.82) is 0 Å². The molecule has 106 valence electrons. The summed E-state index contributed by atoms with van der Waals surface area (Å²) in [4.78, 5) is 5.30. The van der Waals surface area contributed by atoms with Crippen LogP contribution in [-0.4, -0.2) is 73.2 Å². The molecule has 2 heterocycles. The number of hydrogen-bond donors (Lipinski definition) is 1. The standard InChI is InChI=1S/C14H29N3S/c1-2-5-15-14-4-3-6-17(13-14)8-7-16-9-11-18-12-10-16/h14-15H,2-13H2,1H3. The van der Waals surface area contributed by atoms with Crippen LogP contribution in [0.3, 0.4) is 0 Å². The number of nitrogens with one attached hydrogen (secondary N) is 1. The molecule has 2 aliphatic heterocycles. The van der Waals surface area contributed by atoms with Gasteiger partial charge in [0.2, 0.25) is 0 Å². The van der Waals surface area contributed by atoms with Crippen LogP contribution < -0.4 is 5.32 Å². The molecule has 0 saturated carbocycles. The Labute approximate surface area is 117 Å². The fourth-order valence-electron chi connectivity index (χ4n) is 2.88. The van der Waals surface area contributed by atoms with Crippen LogP contribution in [0.4, 0.5) is 0 Å². The highest BCUT2D eigenvalue weighted by Crippen LogP contribution is 2.12. The fraction of sp³-hybridized carbons (Fsp3) is 1.00. The Hall–Kier alpha value is 0.230. The van der Waals surface area contributed by atoms with E-state index < -0.39 is 0 Å². The van der Waals surface area contributed by atoms with Crippen LogP contribution in [0, 0.1) is 0 Å².